The van der Waals surface area contributed by atoms with Crippen LogP contribution in [0.2, 0.25) is 0 Å². The van der Waals surface area contributed by atoms with Crippen LogP contribution in [0, 0.1) is 0 Å². The molecule has 3 nitrogen and oxygen atoms in total. The van der Waals surface area contributed by atoms with E-state index in [2.05, 4.69) is 5.32 Å². The van der Waals surface area contributed by atoms with Gasteiger partial charge in [-0.15, -0.1) is 0 Å². The van der Waals surface area contributed by atoms with Crippen LogP contribution in [0.4, 0.5) is 0 Å². The Hall–Kier alpha value is -1.56. The first-order valence-electron chi connectivity index (χ1n) is 4.65. The molecule has 4 heteroatoms. The SMILES string of the molecule is O=C1NC(=O)c2cccc3cccc1c23.[H-].[Li+]. The van der Waals surface area contributed by atoms with Crippen molar-refractivity contribution in [2.75, 3.05) is 0 Å². The minimum Gasteiger partial charge on any atom is -1.00 e. The molecule has 1 N–H and O–H groups in total. The van der Waals surface area contributed by atoms with Gasteiger partial charge in [-0.25, -0.2) is 0 Å². The van der Waals surface area contributed by atoms with Crippen molar-refractivity contribution in [1.29, 1.82) is 0 Å². The van der Waals surface area contributed by atoms with Crippen LogP contribution in [0.3, 0.4) is 0 Å². The second-order valence-electron chi connectivity index (χ2n) is 3.49. The standard InChI is InChI=1S/C12H7NO2.Li.H/c14-11-8-5-1-3-7-4-2-6-9(10(7)8)12(15)13-11;;/h1-6H,(H,13,14,15);;/q;+1;-1. The van der Waals surface area contributed by atoms with Gasteiger partial charge in [-0.2, -0.15) is 0 Å². The molecule has 1 aliphatic heterocycles. The number of amides is 2. The van der Waals surface area contributed by atoms with Gasteiger partial charge in [-0.3, -0.25) is 14.9 Å². The number of hydrogen-bond donors (Lipinski definition) is 1. The molecule has 0 atom stereocenters. The van der Waals surface area contributed by atoms with Gasteiger partial charge in [0, 0.05) is 16.5 Å². The van der Waals surface area contributed by atoms with Crippen molar-refractivity contribution in [2.45, 2.75) is 0 Å². The zero-order chi connectivity index (χ0) is 10.4. The third-order valence-corrected chi connectivity index (χ3v) is 2.62. The molecule has 0 spiro atoms. The van der Waals surface area contributed by atoms with Crippen LogP contribution in [0.25, 0.3) is 10.8 Å². The maximum Gasteiger partial charge on any atom is 1.00 e. The van der Waals surface area contributed by atoms with Crippen LogP contribution in [-0.2, 0) is 0 Å². The zero-order valence-electron chi connectivity index (χ0n) is 9.78. The fraction of sp³-hybridized carbons (Fsp3) is 0. The van der Waals surface area contributed by atoms with Gasteiger partial charge >= 0.3 is 18.9 Å². The van der Waals surface area contributed by atoms with Crippen molar-refractivity contribution in [3.63, 3.8) is 0 Å². The Labute approximate surface area is 105 Å². The van der Waals surface area contributed by atoms with E-state index in [1.807, 2.05) is 24.3 Å². The number of rotatable bonds is 0. The molecular weight excluding hydrogens is 197 g/mol. The van der Waals surface area contributed by atoms with Crippen molar-refractivity contribution in [1.82, 2.24) is 5.32 Å². The Kier molecular flexibility index (Phi) is 2.59. The summed E-state index contributed by atoms with van der Waals surface area (Å²) in [6.07, 6.45) is 0. The largest absolute Gasteiger partial charge is 1.00 e. The predicted molar refractivity (Wildman–Crippen MR) is 56.9 cm³/mol. The number of carbonyl (C=O) groups is 2. The second kappa shape index (κ2) is 3.78. The Morgan fingerprint density at radius 1 is 0.875 bits per heavy atom. The third kappa shape index (κ3) is 1.37. The van der Waals surface area contributed by atoms with Crippen molar-refractivity contribution < 1.29 is 29.9 Å². The molecular formula is C12H8LiNO2. The summed E-state index contributed by atoms with van der Waals surface area (Å²) in [5, 5.41) is 4.00. The number of benzene rings is 2. The van der Waals surface area contributed by atoms with E-state index in [4.69, 9.17) is 0 Å². The van der Waals surface area contributed by atoms with E-state index in [0.29, 0.717) is 11.1 Å². The molecule has 16 heavy (non-hydrogen) atoms. The van der Waals surface area contributed by atoms with Crippen molar-refractivity contribution in [3.8, 4) is 0 Å². The molecule has 0 saturated carbocycles. The maximum absolute atomic E-state index is 11.6. The zero-order valence-corrected chi connectivity index (χ0v) is 8.78. The maximum atomic E-state index is 11.6. The molecule has 0 unspecified atom stereocenters. The first kappa shape index (κ1) is 10.9. The monoisotopic (exact) mass is 205 g/mol. The minimum atomic E-state index is -0.315. The summed E-state index contributed by atoms with van der Waals surface area (Å²) < 4.78 is 0. The molecule has 0 saturated heterocycles. The fourth-order valence-electron chi connectivity index (χ4n) is 1.96. The molecule has 0 aromatic heterocycles. The average Bonchev–Trinajstić information content (AvgIpc) is 2.25. The van der Waals surface area contributed by atoms with Crippen molar-refractivity contribution >= 4 is 22.6 Å². The summed E-state index contributed by atoms with van der Waals surface area (Å²) >= 11 is 0. The Morgan fingerprint density at radius 2 is 1.38 bits per heavy atom. The molecule has 2 aromatic rings. The molecule has 1 heterocycles. The molecule has 0 fully saturated rings. The van der Waals surface area contributed by atoms with E-state index in [1.54, 1.807) is 12.1 Å². The van der Waals surface area contributed by atoms with E-state index in [1.165, 1.54) is 0 Å². The van der Waals surface area contributed by atoms with Crippen LogP contribution >= 0.6 is 0 Å². The van der Waals surface area contributed by atoms with E-state index in [9.17, 15) is 9.59 Å². The van der Waals surface area contributed by atoms with Crippen LogP contribution in [0.1, 0.15) is 22.1 Å². The van der Waals surface area contributed by atoms with Crippen LogP contribution < -0.4 is 24.2 Å². The van der Waals surface area contributed by atoms with Gasteiger partial charge in [0.05, 0.1) is 0 Å². The average molecular weight is 205 g/mol. The van der Waals surface area contributed by atoms with Crippen LogP contribution in [0.5, 0.6) is 0 Å². The van der Waals surface area contributed by atoms with Crippen LogP contribution in [-0.4, -0.2) is 11.8 Å². The number of nitrogens with one attached hydrogen (secondary N) is 1. The summed E-state index contributed by atoms with van der Waals surface area (Å²) in [6, 6.07) is 10.9. The van der Waals surface area contributed by atoms with E-state index >= 15 is 0 Å². The fourth-order valence-corrected chi connectivity index (χ4v) is 1.96. The smallest absolute Gasteiger partial charge is 1.00 e. The molecule has 2 aromatic carbocycles. The molecule has 0 aliphatic carbocycles. The summed E-state index contributed by atoms with van der Waals surface area (Å²) in [5.74, 6) is -0.631. The van der Waals surface area contributed by atoms with Gasteiger partial charge in [-0.1, -0.05) is 24.3 Å². The number of hydrogen-bond acceptors (Lipinski definition) is 2. The molecule has 0 radical (unpaired) electrons. The van der Waals surface area contributed by atoms with Crippen molar-refractivity contribution in [3.05, 3.63) is 47.5 Å². The van der Waals surface area contributed by atoms with Gasteiger partial charge in [-0.05, 0) is 17.5 Å². The van der Waals surface area contributed by atoms with Gasteiger partial charge in [0.15, 0.2) is 0 Å². The van der Waals surface area contributed by atoms with Gasteiger partial charge in [0.1, 0.15) is 0 Å². The minimum absolute atomic E-state index is 0. The quantitative estimate of drug-likeness (QED) is 0.435. The Balaban J connectivity index is 0.000000722. The number of carbonyl (C=O) groups excluding carboxylic acids is 2. The summed E-state index contributed by atoms with van der Waals surface area (Å²) in [6.45, 7) is 0. The second-order valence-corrected chi connectivity index (χ2v) is 3.49. The summed E-state index contributed by atoms with van der Waals surface area (Å²) in [7, 11) is 0. The molecule has 3 rings (SSSR count). The molecule has 74 valence electrons. The topological polar surface area (TPSA) is 46.2 Å². The summed E-state index contributed by atoms with van der Waals surface area (Å²) in [5.41, 5.74) is 1.14. The molecule has 2 amide bonds. The first-order chi connectivity index (χ1) is 7.27. The molecule has 0 bridgehead atoms. The van der Waals surface area contributed by atoms with Crippen LogP contribution in [0.15, 0.2) is 36.4 Å². The Morgan fingerprint density at radius 3 is 1.88 bits per heavy atom. The van der Waals surface area contributed by atoms with Gasteiger partial charge in [0.25, 0.3) is 11.8 Å². The number of imide groups is 1. The van der Waals surface area contributed by atoms with Crippen molar-refractivity contribution in [2.24, 2.45) is 0 Å². The first-order valence-corrected chi connectivity index (χ1v) is 4.65. The van der Waals surface area contributed by atoms with E-state index in [0.717, 1.165) is 10.8 Å². The summed E-state index contributed by atoms with van der Waals surface area (Å²) in [4.78, 5) is 23.1. The van der Waals surface area contributed by atoms with Gasteiger partial charge < -0.3 is 1.43 Å². The van der Waals surface area contributed by atoms with E-state index < -0.39 is 0 Å². The normalized spacial score (nSPS) is 13.2. The Bertz CT molecular complexity index is 564. The third-order valence-electron chi connectivity index (χ3n) is 2.62. The van der Waals surface area contributed by atoms with E-state index in [-0.39, 0.29) is 32.1 Å². The molecule has 1 aliphatic rings. The predicted octanol–water partition coefficient (Wildman–Crippen LogP) is -1.16. The van der Waals surface area contributed by atoms with Gasteiger partial charge in [0.2, 0.25) is 0 Å².